The second-order valence-corrected chi connectivity index (χ2v) is 7.34. The minimum absolute atomic E-state index is 0.0293. The van der Waals surface area contributed by atoms with Gasteiger partial charge < -0.3 is 15.0 Å². The van der Waals surface area contributed by atoms with Gasteiger partial charge >= 0.3 is 0 Å². The molecule has 7 heteroatoms. The monoisotopic (exact) mass is 379 g/mol. The summed E-state index contributed by atoms with van der Waals surface area (Å²) in [5, 5.41) is 3.61. The van der Waals surface area contributed by atoms with Crippen LogP contribution in [-0.2, 0) is 14.3 Å². The lowest BCUT2D eigenvalue weighted by Gasteiger charge is -2.26. The largest absolute Gasteiger partial charge is 0.379 e. The van der Waals surface area contributed by atoms with Crippen molar-refractivity contribution in [2.24, 2.45) is 5.92 Å². The molecule has 6 nitrogen and oxygen atoms in total. The van der Waals surface area contributed by atoms with E-state index in [1.165, 1.54) is 0 Å². The Bertz CT molecular complexity index is 661. The minimum atomic E-state index is -0.300. The van der Waals surface area contributed by atoms with Crippen LogP contribution in [0.15, 0.2) is 18.2 Å². The van der Waals surface area contributed by atoms with E-state index >= 15 is 0 Å². The smallest absolute Gasteiger partial charge is 0.227 e. The fourth-order valence-corrected chi connectivity index (χ4v) is 3.54. The van der Waals surface area contributed by atoms with Crippen LogP contribution in [0.5, 0.6) is 0 Å². The van der Waals surface area contributed by atoms with E-state index in [0.717, 1.165) is 50.5 Å². The van der Waals surface area contributed by atoms with Crippen molar-refractivity contribution >= 4 is 29.1 Å². The van der Waals surface area contributed by atoms with E-state index in [0.29, 0.717) is 18.1 Å². The molecule has 2 amide bonds. The zero-order valence-corrected chi connectivity index (χ0v) is 15.9. The molecule has 1 N–H and O–H groups in total. The second kappa shape index (κ2) is 8.84. The number of amides is 2. The zero-order valence-electron chi connectivity index (χ0n) is 15.2. The lowest BCUT2D eigenvalue weighted by atomic mass is 10.1. The van der Waals surface area contributed by atoms with Crippen LogP contribution in [0.4, 0.5) is 5.69 Å². The molecule has 0 aromatic heterocycles. The third-order valence-corrected chi connectivity index (χ3v) is 5.42. The summed E-state index contributed by atoms with van der Waals surface area (Å²) >= 11 is 6.16. The van der Waals surface area contributed by atoms with Gasteiger partial charge in [0.1, 0.15) is 0 Å². The Morgan fingerprint density at radius 2 is 2.12 bits per heavy atom. The molecule has 1 aromatic carbocycles. The van der Waals surface area contributed by atoms with Gasteiger partial charge in [-0.3, -0.25) is 14.5 Å². The van der Waals surface area contributed by atoms with Gasteiger partial charge in [0.15, 0.2) is 0 Å². The lowest BCUT2D eigenvalue weighted by Crippen LogP contribution is -2.39. The summed E-state index contributed by atoms with van der Waals surface area (Å²) in [5.41, 5.74) is 1.73. The van der Waals surface area contributed by atoms with Crippen LogP contribution in [0.2, 0.25) is 5.02 Å². The average Bonchev–Trinajstić information content (AvgIpc) is 3.04. The van der Waals surface area contributed by atoms with Crippen molar-refractivity contribution in [3.63, 3.8) is 0 Å². The first kappa shape index (κ1) is 19.1. The normalized spacial score (nSPS) is 21.2. The van der Waals surface area contributed by atoms with Crippen LogP contribution in [0, 0.1) is 12.8 Å². The van der Waals surface area contributed by atoms with Gasteiger partial charge in [0.25, 0.3) is 0 Å². The lowest BCUT2D eigenvalue weighted by molar-refractivity contribution is -0.126. The molecular weight excluding hydrogens is 354 g/mol. The molecule has 1 atom stereocenters. The van der Waals surface area contributed by atoms with Crippen molar-refractivity contribution in [2.45, 2.75) is 19.8 Å². The quantitative estimate of drug-likeness (QED) is 0.766. The highest BCUT2D eigenvalue weighted by Gasteiger charge is 2.35. The number of carbonyl (C=O) groups excluding carboxylic acids is 2. The highest BCUT2D eigenvalue weighted by molar-refractivity contribution is 6.31. The summed E-state index contributed by atoms with van der Waals surface area (Å²) in [4.78, 5) is 28.7. The van der Waals surface area contributed by atoms with Gasteiger partial charge in [-0.25, -0.2) is 0 Å². The fraction of sp³-hybridized carbons (Fsp3) is 0.579. The molecule has 2 heterocycles. The number of hydrogen-bond donors (Lipinski definition) is 1. The first-order valence-electron chi connectivity index (χ1n) is 9.19. The molecule has 3 rings (SSSR count). The summed E-state index contributed by atoms with van der Waals surface area (Å²) in [7, 11) is 0. The standard InChI is InChI=1S/C19H26ClN3O3/c1-14-3-4-16(12-17(14)20)23-13-15(11-18(23)24)19(25)21-5-2-6-22-7-9-26-10-8-22/h3-4,12,15H,2,5-11,13H2,1H3,(H,21,25)/t15-/m0/s1. The zero-order chi connectivity index (χ0) is 18.5. The number of nitrogens with one attached hydrogen (secondary N) is 1. The maximum absolute atomic E-state index is 12.4. The van der Waals surface area contributed by atoms with E-state index in [4.69, 9.17) is 16.3 Å². The number of ether oxygens (including phenoxy) is 1. The average molecular weight is 380 g/mol. The van der Waals surface area contributed by atoms with Crippen LogP contribution in [-0.4, -0.2) is 62.7 Å². The Morgan fingerprint density at radius 3 is 2.85 bits per heavy atom. The molecule has 0 bridgehead atoms. The molecular formula is C19H26ClN3O3. The van der Waals surface area contributed by atoms with Gasteiger partial charge in [-0.05, 0) is 37.6 Å². The number of halogens is 1. The number of anilines is 1. The SMILES string of the molecule is Cc1ccc(N2C[C@@H](C(=O)NCCCN3CCOCC3)CC2=O)cc1Cl. The van der Waals surface area contributed by atoms with Gasteiger partial charge in [-0.1, -0.05) is 17.7 Å². The third-order valence-electron chi connectivity index (χ3n) is 5.02. The van der Waals surface area contributed by atoms with E-state index in [9.17, 15) is 9.59 Å². The summed E-state index contributed by atoms with van der Waals surface area (Å²) in [6.07, 6.45) is 1.16. The van der Waals surface area contributed by atoms with E-state index in [-0.39, 0.29) is 24.2 Å². The molecule has 0 radical (unpaired) electrons. The molecule has 142 valence electrons. The number of nitrogens with zero attached hydrogens (tertiary/aromatic N) is 2. The summed E-state index contributed by atoms with van der Waals surface area (Å²) in [5.74, 6) is -0.370. The van der Waals surface area contributed by atoms with Crippen LogP contribution in [0.3, 0.4) is 0 Å². The van der Waals surface area contributed by atoms with E-state index in [2.05, 4.69) is 10.2 Å². The van der Waals surface area contributed by atoms with Crippen LogP contribution in [0.1, 0.15) is 18.4 Å². The summed E-state index contributed by atoms with van der Waals surface area (Å²) in [6, 6.07) is 5.56. The van der Waals surface area contributed by atoms with Crippen molar-refractivity contribution in [1.29, 1.82) is 0 Å². The summed E-state index contributed by atoms with van der Waals surface area (Å²) < 4.78 is 5.33. The topological polar surface area (TPSA) is 61.9 Å². The van der Waals surface area contributed by atoms with Gasteiger partial charge in [-0.15, -0.1) is 0 Å². The molecule has 2 aliphatic rings. The van der Waals surface area contributed by atoms with Gasteiger partial charge in [-0.2, -0.15) is 0 Å². The number of benzene rings is 1. The first-order valence-corrected chi connectivity index (χ1v) is 9.56. The van der Waals surface area contributed by atoms with Crippen molar-refractivity contribution in [1.82, 2.24) is 10.2 Å². The molecule has 0 aliphatic carbocycles. The van der Waals surface area contributed by atoms with Crippen molar-refractivity contribution in [2.75, 3.05) is 50.8 Å². The molecule has 2 aliphatic heterocycles. The van der Waals surface area contributed by atoms with E-state index in [1.54, 1.807) is 11.0 Å². The second-order valence-electron chi connectivity index (χ2n) is 6.94. The number of aryl methyl sites for hydroxylation is 1. The van der Waals surface area contributed by atoms with Gasteiger partial charge in [0, 0.05) is 43.3 Å². The highest BCUT2D eigenvalue weighted by Crippen LogP contribution is 2.28. The maximum atomic E-state index is 12.4. The van der Waals surface area contributed by atoms with Crippen molar-refractivity contribution < 1.29 is 14.3 Å². The minimum Gasteiger partial charge on any atom is -0.379 e. The van der Waals surface area contributed by atoms with Crippen LogP contribution < -0.4 is 10.2 Å². The maximum Gasteiger partial charge on any atom is 0.227 e. The Balaban J connectivity index is 1.45. The van der Waals surface area contributed by atoms with E-state index in [1.807, 2.05) is 19.1 Å². The number of carbonyl (C=O) groups is 2. The number of hydrogen-bond acceptors (Lipinski definition) is 4. The predicted molar refractivity (Wildman–Crippen MR) is 102 cm³/mol. The number of morpholine rings is 1. The van der Waals surface area contributed by atoms with Crippen molar-refractivity contribution in [3.05, 3.63) is 28.8 Å². The molecule has 2 fully saturated rings. The molecule has 1 aromatic rings. The Hall–Kier alpha value is -1.63. The Labute approximate surface area is 159 Å². The Kier molecular flexibility index (Phi) is 6.51. The Morgan fingerprint density at radius 1 is 1.35 bits per heavy atom. The summed E-state index contributed by atoms with van der Waals surface area (Å²) in [6.45, 7) is 7.42. The fourth-order valence-electron chi connectivity index (χ4n) is 3.37. The molecule has 26 heavy (non-hydrogen) atoms. The molecule has 0 saturated carbocycles. The highest BCUT2D eigenvalue weighted by atomic mass is 35.5. The van der Waals surface area contributed by atoms with Gasteiger partial charge in [0.05, 0.1) is 19.1 Å². The predicted octanol–water partition coefficient (Wildman–Crippen LogP) is 1.84. The van der Waals surface area contributed by atoms with Gasteiger partial charge in [0.2, 0.25) is 11.8 Å². The number of rotatable bonds is 6. The van der Waals surface area contributed by atoms with Crippen LogP contribution in [0.25, 0.3) is 0 Å². The van der Waals surface area contributed by atoms with Crippen LogP contribution >= 0.6 is 11.6 Å². The molecule has 0 spiro atoms. The first-order chi connectivity index (χ1) is 12.5. The van der Waals surface area contributed by atoms with Crippen molar-refractivity contribution in [3.8, 4) is 0 Å². The third kappa shape index (κ3) is 4.75. The molecule has 0 unspecified atom stereocenters. The van der Waals surface area contributed by atoms with E-state index < -0.39 is 0 Å². The molecule has 2 saturated heterocycles.